The summed E-state index contributed by atoms with van der Waals surface area (Å²) in [5.41, 5.74) is 2.35. The van der Waals surface area contributed by atoms with Crippen LogP contribution in [0.5, 0.6) is 0 Å². The number of rotatable bonds is 3. The molecule has 0 radical (unpaired) electrons. The smallest absolute Gasteiger partial charge is 0.415 e. The molecular formula is C16H18N2O5. The van der Waals surface area contributed by atoms with Crippen molar-refractivity contribution in [1.29, 1.82) is 0 Å². The molecule has 2 aliphatic heterocycles. The molecule has 1 saturated heterocycles. The lowest BCUT2D eigenvalue weighted by Crippen LogP contribution is -2.33. The second-order valence-corrected chi connectivity index (χ2v) is 5.85. The van der Waals surface area contributed by atoms with Crippen LogP contribution in [0.25, 0.3) is 0 Å². The fraction of sp³-hybridized carbons (Fsp3) is 0.438. The molecule has 3 rings (SSSR count). The van der Waals surface area contributed by atoms with Gasteiger partial charge in [0, 0.05) is 17.4 Å². The molecule has 1 fully saturated rings. The predicted octanol–water partition coefficient (Wildman–Crippen LogP) is 1.48. The van der Waals surface area contributed by atoms with Gasteiger partial charge in [0.25, 0.3) is 0 Å². The van der Waals surface area contributed by atoms with E-state index in [1.54, 1.807) is 17.0 Å². The van der Waals surface area contributed by atoms with Gasteiger partial charge in [-0.2, -0.15) is 0 Å². The van der Waals surface area contributed by atoms with Crippen molar-refractivity contribution >= 4 is 29.3 Å². The van der Waals surface area contributed by atoms with E-state index in [2.05, 4.69) is 4.74 Å². The Morgan fingerprint density at radius 3 is 2.74 bits per heavy atom. The van der Waals surface area contributed by atoms with Gasteiger partial charge in [-0.25, -0.2) is 9.59 Å². The lowest BCUT2D eigenvalue weighted by atomic mass is 10.1. The number of carbonyl (C=O) groups excluding carboxylic acids is 3. The minimum Gasteiger partial charge on any atom is -0.466 e. The summed E-state index contributed by atoms with van der Waals surface area (Å²) in [5, 5.41) is 0. The number of carbonyl (C=O) groups is 3. The van der Waals surface area contributed by atoms with Crippen LogP contribution in [-0.4, -0.2) is 43.8 Å². The third-order valence-corrected chi connectivity index (χ3v) is 4.04. The summed E-state index contributed by atoms with van der Waals surface area (Å²) in [5.74, 6) is -0.535. The van der Waals surface area contributed by atoms with Crippen molar-refractivity contribution in [2.45, 2.75) is 32.4 Å². The number of nitrogens with zero attached hydrogens (tertiary/aromatic N) is 2. The van der Waals surface area contributed by atoms with Gasteiger partial charge in [0.15, 0.2) is 0 Å². The van der Waals surface area contributed by atoms with Crippen molar-refractivity contribution in [3.8, 4) is 0 Å². The third kappa shape index (κ3) is 2.52. The number of hydrogen-bond donors (Lipinski definition) is 0. The van der Waals surface area contributed by atoms with Crippen LogP contribution in [0.4, 0.5) is 16.2 Å². The summed E-state index contributed by atoms with van der Waals surface area (Å²) < 4.78 is 9.62. The van der Waals surface area contributed by atoms with Gasteiger partial charge in [0.1, 0.15) is 0 Å². The zero-order valence-electron chi connectivity index (χ0n) is 13.2. The van der Waals surface area contributed by atoms with E-state index in [4.69, 9.17) is 4.74 Å². The van der Waals surface area contributed by atoms with Gasteiger partial charge in [-0.3, -0.25) is 9.69 Å². The summed E-state index contributed by atoms with van der Waals surface area (Å²) in [6, 6.07) is 5.47. The number of esters is 1. The van der Waals surface area contributed by atoms with E-state index in [0.29, 0.717) is 12.1 Å². The zero-order chi connectivity index (χ0) is 16.7. The maximum Gasteiger partial charge on any atom is 0.415 e. The first kappa shape index (κ1) is 15.3. The molecule has 0 bridgehead atoms. The maximum absolute atomic E-state index is 12.1. The highest BCUT2D eigenvalue weighted by atomic mass is 16.6. The van der Waals surface area contributed by atoms with Crippen LogP contribution >= 0.6 is 0 Å². The van der Waals surface area contributed by atoms with Crippen molar-refractivity contribution in [2.75, 3.05) is 23.5 Å². The third-order valence-electron chi connectivity index (χ3n) is 4.04. The largest absolute Gasteiger partial charge is 0.466 e. The van der Waals surface area contributed by atoms with E-state index in [-0.39, 0.29) is 18.5 Å². The maximum atomic E-state index is 12.1. The highest BCUT2D eigenvalue weighted by Crippen LogP contribution is 2.34. The molecule has 1 aromatic carbocycles. The van der Waals surface area contributed by atoms with Crippen LogP contribution in [0.3, 0.4) is 0 Å². The highest BCUT2D eigenvalue weighted by Gasteiger charge is 2.38. The molecule has 23 heavy (non-hydrogen) atoms. The summed E-state index contributed by atoms with van der Waals surface area (Å²) in [4.78, 5) is 38.7. The lowest BCUT2D eigenvalue weighted by molar-refractivity contribution is -0.148. The molecule has 1 unspecified atom stereocenters. The second-order valence-electron chi connectivity index (χ2n) is 5.85. The first-order chi connectivity index (χ1) is 10.9. The Morgan fingerprint density at radius 2 is 2.09 bits per heavy atom. The van der Waals surface area contributed by atoms with Gasteiger partial charge < -0.3 is 14.4 Å². The average Bonchev–Trinajstić information content (AvgIpc) is 3.04. The molecule has 0 spiro atoms. The Hall–Kier alpha value is -2.57. The topological polar surface area (TPSA) is 76.2 Å². The molecule has 0 saturated carbocycles. The van der Waals surface area contributed by atoms with Crippen molar-refractivity contribution in [3.63, 3.8) is 0 Å². The van der Waals surface area contributed by atoms with Crippen molar-refractivity contribution in [1.82, 2.24) is 0 Å². The molecule has 0 N–H and O–H groups in total. The SMILES string of the molecule is COC(=O)C1CN(c2ccc3c(c2)CC(=O)N3C(C)C)C(=O)O1. The second kappa shape index (κ2) is 5.57. The Kier molecular flexibility index (Phi) is 3.71. The standard InChI is InChI=1S/C16H18N2O5/c1-9(2)18-12-5-4-11(6-10(12)7-14(18)19)17-8-13(15(20)22-3)23-16(17)21/h4-6,9,13H,7-8H2,1-3H3. The van der Waals surface area contributed by atoms with E-state index in [9.17, 15) is 14.4 Å². The van der Waals surface area contributed by atoms with Gasteiger partial charge in [0.2, 0.25) is 12.0 Å². The van der Waals surface area contributed by atoms with E-state index in [1.807, 2.05) is 19.9 Å². The Labute approximate surface area is 133 Å². The quantitative estimate of drug-likeness (QED) is 0.789. The van der Waals surface area contributed by atoms with Crippen LogP contribution in [0.15, 0.2) is 18.2 Å². The van der Waals surface area contributed by atoms with E-state index in [1.165, 1.54) is 12.0 Å². The minimum atomic E-state index is -0.922. The summed E-state index contributed by atoms with van der Waals surface area (Å²) in [6.45, 7) is 4.02. The number of hydrogen-bond acceptors (Lipinski definition) is 5. The summed E-state index contributed by atoms with van der Waals surface area (Å²) >= 11 is 0. The van der Waals surface area contributed by atoms with Gasteiger partial charge in [-0.15, -0.1) is 0 Å². The van der Waals surface area contributed by atoms with Gasteiger partial charge in [0.05, 0.1) is 20.1 Å². The van der Waals surface area contributed by atoms with Crippen molar-refractivity contribution in [2.24, 2.45) is 0 Å². The van der Waals surface area contributed by atoms with E-state index < -0.39 is 18.2 Å². The molecule has 0 aliphatic carbocycles. The van der Waals surface area contributed by atoms with Crippen LogP contribution in [0.1, 0.15) is 19.4 Å². The normalized spacial score (nSPS) is 20.1. The molecule has 1 atom stereocenters. The molecule has 2 amide bonds. The van der Waals surface area contributed by atoms with Crippen LogP contribution < -0.4 is 9.80 Å². The molecule has 7 heteroatoms. The fourth-order valence-electron chi connectivity index (χ4n) is 2.99. The predicted molar refractivity (Wildman–Crippen MR) is 82.4 cm³/mol. The molecule has 0 aromatic heterocycles. The fourth-order valence-corrected chi connectivity index (χ4v) is 2.99. The average molecular weight is 318 g/mol. The molecule has 1 aromatic rings. The monoisotopic (exact) mass is 318 g/mol. The lowest BCUT2D eigenvalue weighted by Gasteiger charge is -2.22. The number of cyclic esters (lactones) is 1. The van der Waals surface area contributed by atoms with Crippen LogP contribution in [0.2, 0.25) is 0 Å². The molecular weight excluding hydrogens is 300 g/mol. The van der Waals surface area contributed by atoms with Crippen molar-refractivity contribution < 1.29 is 23.9 Å². The molecule has 122 valence electrons. The first-order valence-electron chi connectivity index (χ1n) is 7.43. The number of fused-ring (bicyclic) bond motifs is 1. The first-order valence-corrected chi connectivity index (χ1v) is 7.43. The zero-order valence-corrected chi connectivity index (χ0v) is 13.2. The number of anilines is 2. The number of methoxy groups -OCH3 is 1. The Morgan fingerprint density at radius 1 is 1.35 bits per heavy atom. The van der Waals surface area contributed by atoms with E-state index >= 15 is 0 Å². The highest BCUT2D eigenvalue weighted by molar-refractivity contribution is 6.03. The number of benzene rings is 1. The summed E-state index contributed by atoms with van der Waals surface area (Å²) in [7, 11) is 1.25. The number of amides is 2. The molecule has 2 aliphatic rings. The van der Waals surface area contributed by atoms with Gasteiger partial charge in [-0.1, -0.05) is 0 Å². The van der Waals surface area contributed by atoms with Gasteiger partial charge in [-0.05, 0) is 37.6 Å². The van der Waals surface area contributed by atoms with E-state index in [0.717, 1.165) is 11.3 Å². The Bertz CT molecular complexity index is 685. The minimum absolute atomic E-state index is 0.0450. The van der Waals surface area contributed by atoms with Crippen molar-refractivity contribution in [3.05, 3.63) is 23.8 Å². The van der Waals surface area contributed by atoms with Crippen LogP contribution in [0, 0.1) is 0 Å². The van der Waals surface area contributed by atoms with Gasteiger partial charge >= 0.3 is 12.1 Å². The summed E-state index contributed by atoms with van der Waals surface area (Å²) in [6.07, 6.45) is -1.20. The number of ether oxygens (including phenoxy) is 2. The Balaban J connectivity index is 1.87. The van der Waals surface area contributed by atoms with Crippen LogP contribution in [-0.2, 0) is 25.5 Å². The molecule has 2 heterocycles. The molecule has 7 nitrogen and oxygen atoms in total.